The molecule has 3 rings (SSSR count). The summed E-state index contributed by atoms with van der Waals surface area (Å²) in [7, 11) is 0. The lowest BCUT2D eigenvalue weighted by Gasteiger charge is -2.20. The van der Waals surface area contributed by atoms with Gasteiger partial charge < -0.3 is 11.1 Å². The van der Waals surface area contributed by atoms with Gasteiger partial charge in [-0.1, -0.05) is 28.1 Å². The molecule has 5 heteroatoms. The van der Waals surface area contributed by atoms with E-state index in [2.05, 4.69) is 26.1 Å². The predicted molar refractivity (Wildman–Crippen MR) is 91.3 cm³/mol. The van der Waals surface area contributed by atoms with Crippen molar-refractivity contribution < 1.29 is 4.79 Å². The number of halogens is 1. The number of nitrogens with one attached hydrogen (secondary N) is 1. The van der Waals surface area contributed by atoms with E-state index in [9.17, 15) is 4.79 Å². The minimum absolute atomic E-state index is 0.0324. The van der Waals surface area contributed by atoms with Gasteiger partial charge in [-0.15, -0.1) is 0 Å². The van der Waals surface area contributed by atoms with Crippen molar-refractivity contribution in [1.82, 2.24) is 10.2 Å². The summed E-state index contributed by atoms with van der Waals surface area (Å²) in [5, 5.41) is 3.09. The lowest BCUT2D eigenvalue weighted by molar-refractivity contribution is -0.122. The van der Waals surface area contributed by atoms with Crippen LogP contribution < -0.4 is 11.1 Å². The van der Waals surface area contributed by atoms with E-state index in [0.29, 0.717) is 24.4 Å². The van der Waals surface area contributed by atoms with E-state index in [-0.39, 0.29) is 11.9 Å². The van der Waals surface area contributed by atoms with Gasteiger partial charge in [0.2, 0.25) is 5.91 Å². The fraction of sp³-hybridized carbons (Fsp3) is 0.588. The molecular formula is C17H24BrN3O. The fourth-order valence-electron chi connectivity index (χ4n) is 3.85. The second kappa shape index (κ2) is 6.69. The van der Waals surface area contributed by atoms with E-state index in [0.717, 1.165) is 29.5 Å². The highest BCUT2D eigenvalue weighted by molar-refractivity contribution is 9.10. The van der Waals surface area contributed by atoms with E-state index < -0.39 is 0 Å². The molecule has 4 atom stereocenters. The Bertz CT molecular complexity index is 533. The van der Waals surface area contributed by atoms with Crippen LogP contribution in [0.1, 0.15) is 31.4 Å². The van der Waals surface area contributed by atoms with Gasteiger partial charge in [-0.25, -0.2) is 0 Å². The molecule has 22 heavy (non-hydrogen) atoms. The summed E-state index contributed by atoms with van der Waals surface area (Å²) in [6.45, 7) is 4.51. The Labute approximate surface area is 140 Å². The zero-order valence-corrected chi connectivity index (χ0v) is 14.6. The number of nitrogens with zero attached hydrogens (tertiary/aromatic N) is 1. The maximum absolute atomic E-state index is 12.3. The van der Waals surface area contributed by atoms with Crippen LogP contribution in [0.5, 0.6) is 0 Å². The number of hydrogen-bond acceptors (Lipinski definition) is 3. The molecule has 4 unspecified atom stereocenters. The molecule has 2 fully saturated rings. The van der Waals surface area contributed by atoms with Crippen LogP contribution in [0.3, 0.4) is 0 Å². The normalized spacial score (nSPS) is 29.3. The number of carbonyl (C=O) groups excluding carboxylic acids is 1. The Morgan fingerprint density at radius 3 is 2.77 bits per heavy atom. The molecule has 1 aliphatic carbocycles. The first kappa shape index (κ1) is 16.0. The molecular weight excluding hydrogens is 342 g/mol. The largest absolute Gasteiger partial charge is 0.348 e. The van der Waals surface area contributed by atoms with Crippen LogP contribution in [-0.2, 0) is 4.79 Å². The number of hydrogen-bond donors (Lipinski definition) is 2. The standard InChI is InChI=1S/C17H24BrN3O/c1-11(12-2-5-14(18)6-3-12)20-17(22)10-21-8-13-4-7-16(19)15(13)9-21/h2-3,5-6,11,13,15-16H,4,7-10,19H2,1H3,(H,20,22). The number of amides is 1. The van der Waals surface area contributed by atoms with E-state index in [1.165, 1.54) is 6.42 Å². The summed E-state index contributed by atoms with van der Waals surface area (Å²) in [6, 6.07) is 8.44. The highest BCUT2D eigenvalue weighted by atomic mass is 79.9. The van der Waals surface area contributed by atoms with Crippen molar-refractivity contribution >= 4 is 21.8 Å². The third-order valence-electron chi connectivity index (χ3n) is 5.10. The molecule has 1 aliphatic heterocycles. The summed E-state index contributed by atoms with van der Waals surface area (Å²) in [5.41, 5.74) is 7.27. The maximum atomic E-state index is 12.3. The smallest absolute Gasteiger partial charge is 0.234 e. The lowest BCUT2D eigenvalue weighted by atomic mass is 9.98. The van der Waals surface area contributed by atoms with Gasteiger partial charge in [-0.05, 0) is 49.3 Å². The maximum Gasteiger partial charge on any atom is 0.234 e. The Balaban J connectivity index is 1.49. The van der Waals surface area contributed by atoms with Gasteiger partial charge in [0.05, 0.1) is 12.6 Å². The van der Waals surface area contributed by atoms with Crippen LogP contribution >= 0.6 is 15.9 Å². The number of rotatable bonds is 4. The molecule has 120 valence electrons. The van der Waals surface area contributed by atoms with Gasteiger partial charge in [0.25, 0.3) is 0 Å². The Morgan fingerprint density at radius 2 is 2.09 bits per heavy atom. The Kier molecular flexibility index (Phi) is 4.85. The van der Waals surface area contributed by atoms with Gasteiger partial charge in [-0.2, -0.15) is 0 Å². The minimum Gasteiger partial charge on any atom is -0.348 e. The van der Waals surface area contributed by atoms with E-state index in [4.69, 9.17) is 5.73 Å². The van der Waals surface area contributed by atoms with Gasteiger partial charge in [0.1, 0.15) is 0 Å². The number of carbonyl (C=O) groups is 1. The van der Waals surface area contributed by atoms with Crippen LogP contribution in [0.2, 0.25) is 0 Å². The number of benzene rings is 1. The number of likely N-dealkylation sites (tertiary alicyclic amines) is 1. The molecule has 1 aromatic rings. The van der Waals surface area contributed by atoms with Crippen molar-refractivity contribution in [3.05, 3.63) is 34.3 Å². The molecule has 1 saturated carbocycles. The summed E-state index contributed by atoms with van der Waals surface area (Å²) < 4.78 is 1.05. The second-order valence-corrected chi connectivity index (χ2v) is 7.62. The first-order valence-corrected chi connectivity index (χ1v) is 8.85. The van der Waals surface area contributed by atoms with Gasteiger partial charge >= 0.3 is 0 Å². The number of fused-ring (bicyclic) bond motifs is 1. The van der Waals surface area contributed by atoms with Crippen molar-refractivity contribution in [2.24, 2.45) is 17.6 Å². The van der Waals surface area contributed by atoms with Gasteiger partial charge in [-0.3, -0.25) is 9.69 Å². The minimum atomic E-state index is 0.0324. The Hall–Kier alpha value is -0.910. The third kappa shape index (κ3) is 3.53. The zero-order valence-electron chi connectivity index (χ0n) is 13.0. The van der Waals surface area contributed by atoms with Crippen molar-refractivity contribution in [2.45, 2.75) is 31.8 Å². The quantitative estimate of drug-likeness (QED) is 0.860. The topological polar surface area (TPSA) is 58.4 Å². The first-order valence-electron chi connectivity index (χ1n) is 8.05. The van der Waals surface area contributed by atoms with Crippen LogP contribution in [0, 0.1) is 11.8 Å². The molecule has 1 aromatic carbocycles. The van der Waals surface area contributed by atoms with Crippen molar-refractivity contribution in [2.75, 3.05) is 19.6 Å². The first-order chi connectivity index (χ1) is 10.5. The van der Waals surface area contributed by atoms with Crippen molar-refractivity contribution in [3.8, 4) is 0 Å². The van der Waals surface area contributed by atoms with Gasteiger partial charge in [0, 0.05) is 23.6 Å². The monoisotopic (exact) mass is 365 g/mol. The third-order valence-corrected chi connectivity index (χ3v) is 5.63. The fourth-order valence-corrected chi connectivity index (χ4v) is 4.12. The predicted octanol–water partition coefficient (Wildman–Crippen LogP) is 2.30. The van der Waals surface area contributed by atoms with Crippen LogP contribution in [0.15, 0.2) is 28.7 Å². The van der Waals surface area contributed by atoms with Crippen molar-refractivity contribution in [3.63, 3.8) is 0 Å². The van der Waals surface area contributed by atoms with Crippen LogP contribution in [-0.4, -0.2) is 36.5 Å². The van der Waals surface area contributed by atoms with Crippen LogP contribution in [0.4, 0.5) is 0 Å². The molecule has 0 radical (unpaired) electrons. The lowest BCUT2D eigenvalue weighted by Crippen LogP contribution is -2.38. The average molecular weight is 366 g/mol. The molecule has 0 spiro atoms. The SMILES string of the molecule is CC(NC(=O)CN1CC2CCC(N)C2C1)c1ccc(Br)cc1. The highest BCUT2D eigenvalue weighted by Crippen LogP contribution is 2.36. The molecule has 3 N–H and O–H groups in total. The summed E-state index contributed by atoms with van der Waals surface area (Å²) >= 11 is 3.43. The summed E-state index contributed by atoms with van der Waals surface area (Å²) in [6.07, 6.45) is 2.37. The van der Waals surface area contributed by atoms with Gasteiger partial charge in [0.15, 0.2) is 0 Å². The van der Waals surface area contributed by atoms with E-state index >= 15 is 0 Å². The molecule has 0 aromatic heterocycles. The molecule has 1 saturated heterocycles. The second-order valence-electron chi connectivity index (χ2n) is 6.70. The molecule has 0 bridgehead atoms. The van der Waals surface area contributed by atoms with E-state index in [1.54, 1.807) is 0 Å². The summed E-state index contributed by atoms with van der Waals surface area (Å²) in [5.74, 6) is 1.40. The van der Waals surface area contributed by atoms with E-state index in [1.807, 2.05) is 31.2 Å². The molecule has 1 amide bonds. The number of nitrogens with two attached hydrogens (primary N) is 1. The molecule has 4 nitrogen and oxygen atoms in total. The summed E-state index contributed by atoms with van der Waals surface area (Å²) in [4.78, 5) is 14.5. The average Bonchev–Trinajstić information content (AvgIpc) is 3.01. The van der Waals surface area contributed by atoms with Crippen molar-refractivity contribution in [1.29, 1.82) is 0 Å². The molecule has 1 heterocycles. The Morgan fingerprint density at radius 1 is 1.36 bits per heavy atom. The molecule has 2 aliphatic rings. The highest BCUT2D eigenvalue weighted by Gasteiger charge is 2.41. The zero-order chi connectivity index (χ0) is 15.7. The van der Waals surface area contributed by atoms with Crippen LogP contribution in [0.25, 0.3) is 0 Å².